The fourth-order valence-electron chi connectivity index (χ4n) is 2.51. The number of hydrogen-bond donors (Lipinski definition) is 2. The van der Waals surface area contributed by atoms with Gasteiger partial charge in [-0.25, -0.2) is 4.39 Å². The zero-order chi connectivity index (χ0) is 16.9. The zero-order valence-corrected chi connectivity index (χ0v) is 14.1. The van der Waals surface area contributed by atoms with Crippen molar-refractivity contribution in [3.63, 3.8) is 0 Å². The maximum Gasteiger partial charge on any atom is 0.123 e. The molecule has 0 saturated carbocycles. The number of nitrogens with one attached hydrogen (secondary N) is 1. The normalized spacial score (nSPS) is 15.2. The molecule has 0 amide bonds. The van der Waals surface area contributed by atoms with Crippen molar-refractivity contribution in [2.45, 2.75) is 45.3 Å². The van der Waals surface area contributed by atoms with Crippen molar-refractivity contribution in [1.82, 2.24) is 5.32 Å². The molecule has 0 aliphatic rings. The fraction of sp³-hybridized carbons (Fsp3) is 0.400. The van der Waals surface area contributed by atoms with Crippen LogP contribution in [0, 0.1) is 5.82 Å². The van der Waals surface area contributed by atoms with Gasteiger partial charge in [0, 0.05) is 6.04 Å². The van der Waals surface area contributed by atoms with Gasteiger partial charge in [0.25, 0.3) is 0 Å². The second kappa shape index (κ2) is 7.71. The summed E-state index contributed by atoms with van der Waals surface area (Å²) < 4.78 is 13.0. The molecule has 0 fully saturated rings. The van der Waals surface area contributed by atoms with Crippen LogP contribution in [0.3, 0.4) is 0 Å². The first-order chi connectivity index (χ1) is 10.9. The van der Waals surface area contributed by atoms with Gasteiger partial charge < -0.3 is 10.4 Å². The molecule has 2 atom stereocenters. The molecule has 0 aliphatic carbocycles. The number of hydrogen-bond acceptors (Lipinski definition) is 2. The minimum absolute atomic E-state index is 0.234. The lowest BCUT2D eigenvalue weighted by Gasteiger charge is -2.25. The molecule has 2 N–H and O–H groups in total. The molecule has 0 radical (unpaired) electrons. The van der Waals surface area contributed by atoms with E-state index in [1.807, 2.05) is 31.2 Å². The summed E-state index contributed by atoms with van der Waals surface area (Å²) in [4.78, 5) is 0. The molecule has 0 aromatic heterocycles. The van der Waals surface area contributed by atoms with Crippen LogP contribution in [0.15, 0.2) is 48.5 Å². The molecule has 0 heterocycles. The maximum atomic E-state index is 13.0. The average Bonchev–Trinajstić information content (AvgIpc) is 2.55. The first kappa shape index (κ1) is 17.6. The van der Waals surface area contributed by atoms with Crippen molar-refractivity contribution in [1.29, 1.82) is 0 Å². The Morgan fingerprint density at radius 2 is 1.57 bits per heavy atom. The Hall–Kier alpha value is -1.71. The maximum absolute atomic E-state index is 13.0. The van der Waals surface area contributed by atoms with Crippen LogP contribution in [0.5, 0.6) is 0 Å². The second-order valence-corrected chi connectivity index (χ2v) is 6.37. The highest BCUT2D eigenvalue weighted by Crippen LogP contribution is 2.27. The Morgan fingerprint density at radius 3 is 2.09 bits per heavy atom. The van der Waals surface area contributed by atoms with Crippen molar-refractivity contribution < 1.29 is 9.50 Å². The standard InChI is InChI=1S/C20H26FNO/c1-4-15(2)22-14-13-20(3,23)18-9-5-16(6-10-18)17-7-11-19(21)12-8-17/h5-12,15,22-23H,4,13-14H2,1-3H3. The van der Waals surface area contributed by atoms with Crippen LogP contribution in [0.25, 0.3) is 11.1 Å². The van der Waals surface area contributed by atoms with Crippen LogP contribution in [0.2, 0.25) is 0 Å². The van der Waals surface area contributed by atoms with Gasteiger partial charge in [-0.3, -0.25) is 0 Å². The predicted molar refractivity (Wildman–Crippen MR) is 93.8 cm³/mol. The van der Waals surface area contributed by atoms with E-state index in [0.29, 0.717) is 12.5 Å². The molecule has 0 saturated heterocycles. The second-order valence-electron chi connectivity index (χ2n) is 6.37. The largest absolute Gasteiger partial charge is 0.385 e. The third kappa shape index (κ3) is 4.88. The van der Waals surface area contributed by atoms with E-state index in [1.165, 1.54) is 12.1 Å². The molecule has 2 aromatic rings. The minimum Gasteiger partial charge on any atom is -0.385 e. The van der Waals surface area contributed by atoms with Crippen LogP contribution >= 0.6 is 0 Å². The van der Waals surface area contributed by atoms with Crippen LogP contribution in [-0.4, -0.2) is 17.7 Å². The van der Waals surface area contributed by atoms with Gasteiger partial charge in [0.2, 0.25) is 0 Å². The molecule has 0 spiro atoms. The van der Waals surface area contributed by atoms with E-state index < -0.39 is 5.60 Å². The Kier molecular flexibility index (Phi) is 5.91. The average molecular weight is 315 g/mol. The summed E-state index contributed by atoms with van der Waals surface area (Å²) in [6.45, 7) is 6.91. The highest BCUT2D eigenvalue weighted by Gasteiger charge is 2.22. The summed E-state index contributed by atoms with van der Waals surface area (Å²) >= 11 is 0. The van der Waals surface area contributed by atoms with Gasteiger partial charge in [-0.15, -0.1) is 0 Å². The summed E-state index contributed by atoms with van der Waals surface area (Å²) in [5.41, 5.74) is 2.02. The van der Waals surface area contributed by atoms with E-state index in [1.54, 1.807) is 12.1 Å². The third-order valence-electron chi connectivity index (χ3n) is 4.40. The predicted octanol–water partition coefficient (Wildman–Crippen LogP) is 4.48. The Balaban J connectivity index is 2.04. The zero-order valence-electron chi connectivity index (χ0n) is 14.1. The van der Waals surface area contributed by atoms with Gasteiger partial charge in [-0.2, -0.15) is 0 Å². The van der Waals surface area contributed by atoms with E-state index in [4.69, 9.17) is 0 Å². The lowest BCUT2D eigenvalue weighted by Crippen LogP contribution is -2.32. The number of halogens is 1. The Morgan fingerprint density at radius 1 is 1.04 bits per heavy atom. The van der Waals surface area contributed by atoms with E-state index in [9.17, 15) is 9.50 Å². The highest BCUT2D eigenvalue weighted by molar-refractivity contribution is 5.63. The van der Waals surface area contributed by atoms with Crippen LogP contribution in [0.1, 0.15) is 39.2 Å². The molecule has 0 bridgehead atoms. The Bertz CT molecular complexity index is 605. The van der Waals surface area contributed by atoms with Crippen LogP contribution in [0.4, 0.5) is 4.39 Å². The van der Waals surface area contributed by atoms with Crippen molar-refractivity contribution >= 4 is 0 Å². The van der Waals surface area contributed by atoms with Gasteiger partial charge in [0.15, 0.2) is 0 Å². The molecular formula is C20H26FNO. The van der Waals surface area contributed by atoms with Gasteiger partial charge in [-0.05, 0) is 62.1 Å². The minimum atomic E-state index is -0.859. The van der Waals surface area contributed by atoms with Crippen molar-refractivity contribution in [2.24, 2.45) is 0 Å². The molecule has 2 nitrogen and oxygen atoms in total. The van der Waals surface area contributed by atoms with E-state index in [-0.39, 0.29) is 5.82 Å². The molecule has 2 rings (SSSR count). The van der Waals surface area contributed by atoms with Crippen molar-refractivity contribution in [3.8, 4) is 11.1 Å². The summed E-state index contributed by atoms with van der Waals surface area (Å²) in [7, 11) is 0. The first-order valence-electron chi connectivity index (χ1n) is 8.24. The van der Waals surface area contributed by atoms with E-state index >= 15 is 0 Å². The molecular weight excluding hydrogens is 289 g/mol. The van der Waals surface area contributed by atoms with Gasteiger partial charge in [0.05, 0.1) is 5.60 Å². The van der Waals surface area contributed by atoms with Crippen molar-refractivity contribution in [3.05, 3.63) is 59.9 Å². The SMILES string of the molecule is CCC(C)NCCC(C)(O)c1ccc(-c2ccc(F)cc2)cc1. The van der Waals surface area contributed by atoms with Crippen molar-refractivity contribution in [2.75, 3.05) is 6.54 Å². The van der Waals surface area contributed by atoms with Crippen LogP contribution in [-0.2, 0) is 5.60 Å². The summed E-state index contributed by atoms with van der Waals surface area (Å²) in [5.74, 6) is -0.234. The lowest BCUT2D eigenvalue weighted by molar-refractivity contribution is 0.0474. The van der Waals surface area contributed by atoms with Gasteiger partial charge in [0.1, 0.15) is 5.82 Å². The first-order valence-corrected chi connectivity index (χ1v) is 8.24. The molecule has 23 heavy (non-hydrogen) atoms. The fourth-order valence-corrected chi connectivity index (χ4v) is 2.51. The van der Waals surface area contributed by atoms with E-state index in [0.717, 1.165) is 29.7 Å². The number of benzene rings is 2. The smallest absolute Gasteiger partial charge is 0.123 e. The highest BCUT2D eigenvalue weighted by atomic mass is 19.1. The third-order valence-corrected chi connectivity index (χ3v) is 4.40. The Labute approximate surface area is 138 Å². The van der Waals surface area contributed by atoms with E-state index in [2.05, 4.69) is 19.2 Å². The lowest BCUT2D eigenvalue weighted by atomic mass is 9.91. The molecule has 0 aliphatic heterocycles. The van der Waals surface area contributed by atoms with Crippen LogP contribution < -0.4 is 5.32 Å². The topological polar surface area (TPSA) is 32.3 Å². The monoisotopic (exact) mass is 315 g/mol. The summed E-state index contributed by atoms with van der Waals surface area (Å²) in [5, 5.41) is 14.1. The number of rotatable bonds is 7. The summed E-state index contributed by atoms with van der Waals surface area (Å²) in [6, 6.07) is 14.7. The molecule has 3 heteroatoms. The quantitative estimate of drug-likeness (QED) is 0.789. The number of aliphatic hydroxyl groups is 1. The van der Waals surface area contributed by atoms with Gasteiger partial charge >= 0.3 is 0 Å². The molecule has 2 aromatic carbocycles. The van der Waals surface area contributed by atoms with Gasteiger partial charge in [-0.1, -0.05) is 43.3 Å². The molecule has 2 unspecified atom stereocenters. The summed E-state index contributed by atoms with van der Waals surface area (Å²) in [6.07, 6.45) is 1.74. The molecule has 124 valence electrons.